The van der Waals surface area contributed by atoms with Gasteiger partial charge in [-0.2, -0.15) is 0 Å². The average molecular weight is 342 g/mol. The van der Waals surface area contributed by atoms with Gasteiger partial charge in [-0.1, -0.05) is 13.8 Å². The number of carboxylic acid groups (broad SMARTS) is 1. The number of carbonyl (C=O) groups is 1. The Labute approximate surface area is 123 Å². The van der Waals surface area contributed by atoms with E-state index < -0.39 is 17.2 Å². The topological polar surface area (TPSA) is 59.3 Å². The number of fused-ring (bicyclic) bond motifs is 1. The summed E-state index contributed by atoms with van der Waals surface area (Å²) in [4.78, 5) is 23.3. The van der Waals surface area contributed by atoms with Gasteiger partial charge in [0.2, 0.25) is 5.43 Å². The second kappa shape index (κ2) is 5.36. The Balaban J connectivity index is 2.89. The van der Waals surface area contributed by atoms with Crippen LogP contribution in [0.3, 0.4) is 0 Å². The van der Waals surface area contributed by atoms with Gasteiger partial charge in [0.1, 0.15) is 11.4 Å². The molecule has 0 radical (unpaired) electrons. The van der Waals surface area contributed by atoms with Crippen LogP contribution in [0.5, 0.6) is 0 Å². The van der Waals surface area contributed by atoms with E-state index in [9.17, 15) is 14.0 Å². The Bertz CT molecular complexity index is 752. The van der Waals surface area contributed by atoms with Gasteiger partial charge in [0, 0.05) is 18.1 Å². The fourth-order valence-corrected chi connectivity index (χ4v) is 2.43. The van der Waals surface area contributed by atoms with Crippen molar-refractivity contribution in [2.24, 2.45) is 5.92 Å². The van der Waals surface area contributed by atoms with Crippen molar-refractivity contribution in [2.75, 3.05) is 0 Å². The third-order valence-electron chi connectivity index (χ3n) is 2.91. The van der Waals surface area contributed by atoms with Crippen LogP contribution < -0.4 is 5.43 Å². The van der Waals surface area contributed by atoms with Gasteiger partial charge in [-0.25, -0.2) is 9.18 Å². The number of pyridine rings is 1. The molecule has 0 atom stereocenters. The van der Waals surface area contributed by atoms with Gasteiger partial charge in [0.25, 0.3) is 0 Å². The largest absolute Gasteiger partial charge is 0.477 e. The van der Waals surface area contributed by atoms with Crippen LogP contribution in [-0.4, -0.2) is 15.6 Å². The molecule has 0 fully saturated rings. The number of benzene rings is 1. The highest BCUT2D eigenvalue weighted by Gasteiger charge is 2.16. The van der Waals surface area contributed by atoms with Crippen LogP contribution in [0.15, 0.2) is 27.6 Å². The van der Waals surface area contributed by atoms with Gasteiger partial charge >= 0.3 is 5.97 Å². The number of hydrogen-bond acceptors (Lipinski definition) is 2. The summed E-state index contributed by atoms with van der Waals surface area (Å²) in [6, 6.07) is 2.57. The van der Waals surface area contributed by atoms with Gasteiger partial charge in [0.05, 0.1) is 9.99 Å². The standard InChI is InChI=1S/C14H13BrFNO3/c1-7(2)5-17-6-9(14(19)20)13(18)8-3-10(15)11(16)4-12(8)17/h3-4,6-7H,5H2,1-2H3,(H,19,20). The van der Waals surface area contributed by atoms with Crippen molar-refractivity contribution in [3.63, 3.8) is 0 Å². The molecule has 1 aromatic heterocycles. The molecular formula is C14H13BrFNO3. The van der Waals surface area contributed by atoms with Crippen LogP contribution >= 0.6 is 15.9 Å². The quantitative estimate of drug-likeness (QED) is 0.932. The number of halogens is 2. The van der Waals surface area contributed by atoms with E-state index in [0.717, 1.165) is 0 Å². The van der Waals surface area contributed by atoms with Gasteiger partial charge in [-0.3, -0.25) is 4.79 Å². The molecule has 0 saturated heterocycles. The summed E-state index contributed by atoms with van der Waals surface area (Å²) in [5, 5.41) is 9.30. The Kier molecular flexibility index (Phi) is 3.94. The van der Waals surface area contributed by atoms with Gasteiger partial charge < -0.3 is 9.67 Å². The first kappa shape index (κ1) is 14.7. The molecule has 2 aromatic rings. The normalized spacial score (nSPS) is 11.2. The lowest BCUT2D eigenvalue weighted by Gasteiger charge is -2.14. The van der Waals surface area contributed by atoms with Crippen molar-refractivity contribution in [3.8, 4) is 0 Å². The van der Waals surface area contributed by atoms with E-state index in [1.165, 1.54) is 18.3 Å². The molecule has 0 aliphatic heterocycles. The highest BCUT2D eigenvalue weighted by atomic mass is 79.9. The fraction of sp³-hybridized carbons (Fsp3) is 0.286. The number of aromatic carboxylic acids is 1. The molecule has 0 saturated carbocycles. The number of rotatable bonds is 3. The van der Waals surface area contributed by atoms with E-state index in [4.69, 9.17) is 5.11 Å². The average Bonchev–Trinajstić information content (AvgIpc) is 2.34. The molecule has 0 unspecified atom stereocenters. The molecule has 0 bridgehead atoms. The third-order valence-corrected chi connectivity index (χ3v) is 3.52. The smallest absolute Gasteiger partial charge is 0.341 e. The number of hydrogen-bond donors (Lipinski definition) is 1. The Morgan fingerprint density at radius 3 is 2.65 bits per heavy atom. The lowest BCUT2D eigenvalue weighted by molar-refractivity contribution is 0.0694. The summed E-state index contributed by atoms with van der Waals surface area (Å²) in [6.07, 6.45) is 1.28. The summed E-state index contributed by atoms with van der Waals surface area (Å²) in [5.74, 6) is -1.54. The van der Waals surface area contributed by atoms with Gasteiger partial charge in [0.15, 0.2) is 0 Å². The van der Waals surface area contributed by atoms with Crippen molar-refractivity contribution in [1.82, 2.24) is 4.57 Å². The molecule has 6 heteroatoms. The zero-order valence-electron chi connectivity index (χ0n) is 11.0. The van der Waals surface area contributed by atoms with Gasteiger partial charge in [-0.15, -0.1) is 0 Å². The predicted molar refractivity (Wildman–Crippen MR) is 77.7 cm³/mol. The molecule has 4 nitrogen and oxygen atoms in total. The van der Waals surface area contributed by atoms with E-state index in [2.05, 4.69) is 15.9 Å². The summed E-state index contributed by atoms with van der Waals surface area (Å²) in [5.41, 5.74) is -0.515. The number of aromatic nitrogens is 1. The molecule has 0 amide bonds. The second-order valence-corrected chi connectivity index (χ2v) is 5.86. The first-order valence-electron chi connectivity index (χ1n) is 6.06. The lowest BCUT2D eigenvalue weighted by Crippen LogP contribution is -2.20. The zero-order valence-corrected chi connectivity index (χ0v) is 12.6. The molecule has 0 spiro atoms. The number of nitrogens with zero attached hydrogens (tertiary/aromatic N) is 1. The van der Waals surface area contributed by atoms with Crippen LogP contribution in [0.25, 0.3) is 10.9 Å². The summed E-state index contributed by atoms with van der Waals surface area (Å²) in [6.45, 7) is 4.41. The minimum atomic E-state index is -1.28. The van der Waals surface area contributed by atoms with Crippen LogP contribution in [0.4, 0.5) is 4.39 Å². The van der Waals surface area contributed by atoms with E-state index in [-0.39, 0.29) is 21.3 Å². The van der Waals surface area contributed by atoms with E-state index in [1.54, 1.807) is 4.57 Å². The molecule has 1 heterocycles. The highest BCUT2D eigenvalue weighted by molar-refractivity contribution is 9.10. The highest BCUT2D eigenvalue weighted by Crippen LogP contribution is 2.22. The predicted octanol–water partition coefficient (Wildman–Crippen LogP) is 3.26. The molecule has 20 heavy (non-hydrogen) atoms. The monoisotopic (exact) mass is 341 g/mol. The van der Waals surface area contributed by atoms with Crippen molar-refractivity contribution >= 4 is 32.8 Å². The van der Waals surface area contributed by atoms with Gasteiger partial charge in [-0.05, 0) is 34.0 Å². The van der Waals surface area contributed by atoms with Crippen molar-refractivity contribution in [1.29, 1.82) is 0 Å². The summed E-state index contributed by atoms with van der Waals surface area (Å²) >= 11 is 3.02. The van der Waals surface area contributed by atoms with Crippen LogP contribution in [0, 0.1) is 11.7 Å². The molecule has 1 aromatic carbocycles. The van der Waals surface area contributed by atoms with Crippen LogP contribution in [0.2, 0.25) is 0 Å². The Morgan fingerprint density at radius 1 is 1.45 bits per heavy atom. The van der Waals surface area contributed by atoms with Crippen molar-refractivity contribution < 1.29 is 14.3 Å². The van der Waals surface area contributed by atoms with E-state index in [0.29, 0.717) is 12.1 Å². The maximum atomic E-state index is 13.7. The SMILES string of the molecule is CC(C)Cn1cc(C(=O)O)c(=O)c2cc(Br)c(F)cc21. The minimum Gasteiger partial charge on any atom is -0.477 e. The van der Waals surface area contributed by atoms with E-state index in [1.807, 2.05) is 13.8 Å². The van der Waals surface area contributed by atoms with Crippen molar-refractivity contribution in [2.45, 2.75) is 20.4 Å². The molecule has 106 valence electrons. The minimum absolute atomic E-state index is 0.140. The first-order valence-corrected chi connectivity index (χ1v) is 6.86. The first-order chi connectivity index (χ1) is 9.31. The number of carboxylic acids is 1. The Hall–Kier alpha value is -1.69. The maximum Gasteiger partial charge on any atom is 0.341 e. The Morgan fingerprint density at radius 2 is 2.10 bits per heavy atom. The summed E-state index contributed by atoms with van der Waals surface area (Å²) in [7, 11) is 0. The second-order valence-electron chi connectivity index (χ2n) is 5.01. The molecular weight excluding hydrogens is 329 g/mol. The molecule has 2 rings (SSSR count). The molecule has 0 aliphatic carbocycles. The molecule has 1 N–H and O–H groups in total. The maximum absolute atomic E-state index is 13.7. The van der Waals surface area contributed by atoms with E-state index >= 15 is 0 Å². The van der Waals surface area contributed by atoms with Crippen LogP contribution in [-0.2, 0) is 6.54 Å². The fourth-order valence-electron chi connectivity index (χ4n) is 2.08. The third kappa shape index (κ3) is 2.60. The van der Waals surface area contributed by atoms with Crippen LogP contribution in [0.1, 0.15) is 24.2 Å². The molecule has 0 aliphatic rings. The summed E-state index contributed by atoms with van der Waals surface area (Å²) < 4.78 is 15.4. The zero-order chi connectivity index (χ0) is 15.0. The van der Waals surface area contributed by atoms with Crippen molar-refractivity contribution in [3.05, 3.63) is 44.4 Å². The lowest BCUT2D eigenvalue weighted by atomic mass is 10.1.